The molecule has 3 atom stereocenters. The lowest BCUT2D eigenvalue weighted by Crippen LogP contribution is -2.46. The lowest BCUT2D eigenvalue weighted by molar-refractivity contribution is 0.413. The molecule has 0 aromatic carbocycles. The summed E-state index contributed by atoms with van der Waals surface area (Å²) >= 11 is 0. The summed E-state index contributed by atoms with van der Waals surface area (Å²) in [5.74, 6) is 2.59. The van der Waals surface area contributed by atoms with Gasteiger partial charge in [-0.3, -0.25) is 9.20 Å². The molecule has 0 radical (unpaired) electrons. The Balaban J connectivity index is 1.89. The summed E-state index contributed by atoms with van der Waals surface area (Å²) in [6.07, 6.45) is 6.94. The zero-order valence-corrected chi connectivity index (χ0v) is 16.5. The third-order valence-corrected chi connectivity index (χ3v) is 6.33. The Bertz CT molecular complexity index is 573. The predicted octanol–water partition coefficient (Wildman–Crippen LogP) is 1.48. The monoisotopic (exact) mass is 368 g/mol. The summed E-state index contributed by atoms with van der Waals surface area (Å²) in [6.45, 7) is 8.44. The molecular formula is C17H32N6OS. The molecule has 0 spiro atoms. The van der Waals surface area contributed by atoms with E-state index in [1.807, 2.05) is 11.5 Å². The number of aliphatic imine (C=N–C) groups is 1. The number of rotatable bonds is 8. The highest BCUT2D eigenvalue weighted by Crippen LogP contribution is 2.22. The van der Waals surface area contributed by atoms with Crippen LogP contribution in [0.1, 0.15) is 52.3 Å². The van der Waals surface area contributed by atoms with Gasteiger partial charge in [0.15, 0.2) is 5.96 Å². The number of nitrogens with one attached hydrogen (secondary N) is 2. The van der Waals surface area contributed by atoms with Gasteiger partial charge in [-0.15, -0.1) is 10.2 Å². The Morgan fingerprint density at radius 3 is 2.96 bits per heavy atom. The van der Waals surface area contributed by atoms with Crippen LogP contribution < -0.4 is 10.6 Å². The van der Waals surface area contributed by atoms with Gasteiger partial charge in [-0.05, 0) is 26.2 Å². The van der Waals surface area contributed by atoms with Crippen molar-refractivity contribution < 1.29 is 4.21 Å². The van der Waals surface area contributed by atoms with Crippen LogP contribution in [0.25, 0.3) is 0 Å². The first-order valence-electron chi connectivity index (χ1n) is 9.46. The average Bonchev–Trinajstić information content (AvgIpc) is 3.09. The molecule has 0 aliphatic heterocycles. The first kappa shape index (κ1) is 19.9. The van der Waals surface area contributed by atoms with Crippen LogP contribution >= 0.6 is 0 Å². The van der Waals surface area contributed by atoms with Crippen molar-refractivity contribution in [1.29, 1.82) is 0 Å². The van der Waals surface area contributed by atoms with Gasteiger partial charge in [0.05, 0.1) is 6.54 Å². The van der Waals surface area contributed by atoms with Crippen LogP contribution in [0, 0.1) is 0 Å². The number of guanidine groups is 1. The molecule has 2 rings (SSSR count). The molecule has 25 heavy (non-hydrogen) atoms. The van der Waals surface area contributed by atoms with Gasteiger partial charge in [-0.2, -0.15) is 0 Å². The van der Waals surface area contributed by atoms with Gasteiger partial charge in [-0.1, -0.05) is 20.3 Å². The molecule has 0 bridgehead atoms. The molecule has 1 fully saturated rings. The topological polar surface area (TPSA) is 84.2 Å². The quantitative estimate of drug-likeness (QED) is 0.536. The highest BCUT2D eigenvalue weighted by Gasteiger charge is 2.25. The molecule has 3 unspecified atom stereocenters. The number of hydrogen-bond acceptors (Lipinski definition) is 4. The van der Waals surface area contributed by atoms with Gasteiger partial charge in [0.25, 0.3) is 0 Å². The van der Waals surface area contributed by atoms with E-state index < -0.39 is 10.8 Å². The second kappa shape index (κ2) is 10.5. The number of aryl methyl sites for hydroxylation is 1. The van der Waals surface area contributed by atoms with Crippen molar-refractivity contribution >= 4 is 16.8 Å². The summed E-state index contributed by atoms with van der Waals surface area (Å²) < 4.78 is 14.2. The van der Waals surface area contributed by atoms with Crippen LogP contribution in [0.5, 0.6) is 0 Å². The van der Waals surface area contributed by atoms with Crippen LogP contribution in [0.3, 0.4) is 0 Å². The lowest BCUT2D eigenvalue weighted by atomic mass is 9.95. The fraction of sp³-hybridized carbons (Fsp3) is 0.824. The molecule has 1 aromatic heterocycles. The normalized spacial score (nSPS) is 22.6. The maximum atomic E-state index is 12.1. The van der Waals surface area contributed by atoms with E-state index in [1.165, 1.54) is 0 Å². The van der Waals surface area contributed by atoms with Crippen LogP contribution in [-0.4, -0.2) is 55.1 Å². The molecule has 1 saturated carbocycles. The van der Waals surface area contributed by atoms with Crippen molar-refractivity contribution in [3.63, 3.8) is 0 Å². The molecular weight excluding hydrogens is 336 g/mol. The van der Waals surface area contributed by atoms with Gasteiger partial charge in [0, 0.05) is 47.4 Å². The summed E-state index contributed by atoms with van der Waals surface area (Å²) in [4.78, 5) is 4.69. The smallest absolute Gasteiger partial charge is 0.191 e. The average molecular weight is 369 g/mol. The Hall–Kier alpha value is -1.44. The van der Waals surface area contributed by atoms with Gasteiger partial charge < -0.3 is 15.2 Å². The molecule has 142 valence electrons. The fourth-order valence-electron chi connectivity index (χ4n) is 3.27. The Morgan fingerprint density at radius 1 is 1.40 bits per heavy atom. The molecule has 8 heteroatoms. The first-order valence-corrected chi connectivity index (χ1v) is 10.8. The highest BCUT2D eigenvalue weighted by molar-refractivity contribution is 7.85. The summed E-state index contributed by atoms with van der Waals surface area (Å²) in [5, 5.41) is 15.2. The molecule has 7 nitrogen and oxygen atoms in total. The molecule has 1 aromatic rings. The molecule has 1 heterocycles. The predicted molar refractivity (Wildman–Crippen MR) is 103 cm³/mol. The largest absolute Gasteiger partial charge is 0.357 e. The number of hydrogen-bond donors (Lipinski definition) is 2. The van der Waals surface area contributed by atoms with Crippen LogP contribution in [0.2, 0.25) is 0 Å². The maximum absolute atomic E-state index is 12.1. The van der Waals surface area contributed by atoms with Crippen molar-refractivity contribution in [1.82, 2.24) is 25.4 Å². The molecule has 0 amide bonds. The molecule has 2 N–H and O–H groups in total. The zero-order chi connectivity index (χ0) is 18.1. The van der Waals surface area contributed by atoms with Gasteiger partial charge in [-0.25, -0.2) is 0 Å². The number of aromatic nitrogens is 3. The van der Waals surface area contributed by atoms with Gasteiger partial charge in [0.1, 0.15) is 12.2 Å². The van der Waals surface area contributed by atoms with Crippen molar-refractivity contribution in [2.75, 3.05) is 18.8 Å². The van der Waals surface area contributed by atoms with E-state index in [0.29, 0.717) is 17.8 Å². The maximum Gasteiger partial charge on any atom is 0.191 e. The van der Waals surface area contributed by atoms with E-state index in [9.17, 15) is 4.21 Å². The van der Waals surface area contributed by atoms with Crippen molar-refractivity contribution in [3.8, 4) is 0 Å². The second-order valence-corrected chi connectivity index (χ2v) is 8.36. The third-order valence-electron chi connectivity index (χ3n) is 4.59. The minimum absolute atomic E-state index is 0.322. The Kier molecular flexibility index (Phi) is 8.37. The van der Waals surface area contributed by atoms with Crippen LogP contribution in [0.15, 0.2) is 11.3 Å². The SMILES string of the molecule is CCNC(=NCCn1cnnc1CC)NC1CCCC(S(=O)CC)C1. The van der Waals surface area contributed by atoms with Crippen LogP contribution in [-0.2, 0) is 23.8 Å². The number of nitrogens with zero attached hydrogens (tertiary/aromatic N) is 4. The highest BCUT2D eigenvalue weighted by atomic mass is 32.2. The van der Waals surface area contributed by atoms with E-state index in [2.05, 4.69) is 34.7 Å². The summed E-state index contributed by atoms with van der Waals surface area (Å²) in [6, 6.07) is 0.355. The first-order chi connectivity index (χ1) is 12.2. The van der Waals surface area contributed by atoms with Crippen molar-refractivity contribution in [3.05, 3.63) is 12.2 Å². The minimum Gasteiger partial charge on any atom is -0.357 e. The van der Waals surface area contributed by atoms with E-state index >= 15 is 0 Å². The third kappa shape index (κ3) is 6.09. The van der Waals surface area contributed by atoms with E-state index in [-0.39, 0.29) is 0 Å². The summed E-state index contributed by atoms with van der Waals surface area (Å²) in [5.41, 5.74) is 0. The molecule has 1 aliphatic carbocycles. The second-order valence-electron chi connectivity index (χ2n) is 6.35. The lowest BCUT2D eigenvalue weighted by Gasteiger charge is -2.30. The van der Waals surface area contributed by atoms with E-state index in [1.54, 1.807) is 6.33 Å². The van der Waals surface area contributed by atoms with Gasteiger partial charge >= 0.3 is 0 Å². The standard InChI is InChI=1S/C17H32N6OS/c1-4-16-22-20-13-23(16)11-10-19-17(18-5-2)21-14-8-7-9-15(12-14)25(24)6-3/h13-15H,4-12H2,1-3H3,(H2,18,19,21). The van der Waals surface area contributed by atoms with Crippen LogP contribution in [0.4, 0.5) is 0 Å². The zero-order valence-electron chi connectivity index (χ0n) is 15.7. The molecule has 0 saturated heterocycles. The Labute approximate surface area is 153 Å². The van der Waals surface area contributed by atoms with E-state index in [0.717, 1.165) is 62.7 Å². The molecule has 1 aliphatic rings. The minimum atomic E-state index is -0.700. The Morgan fingerprint density at radius 2 is 2.24 bits per heavy atom. The van der Waals surface area contributed by atoms with E-state index in [4.69, 9.17) is 4.99 Å². The summed E-state index contributed by atoms with van der Waals surface area (Å²) in [7, 11) is -0.700. The fourth-order valence-corrected chi connectivity index (χ4v) is 4.62. The van der Waals surface area contributed by atoms with Crippen molar-refractivity contribution in [2.45, 2.75) is 70.7 Å². The van der Waals surface area contributed by atoms with Crippen molar-refractivity contribution in [2.24, 2.45) is 4.99 Å². The van der Waals surface area contributed by atoms with Gasteiger partial charge in [0.2, 0.25) is 0 Å².